The smallest absolute Gasteiger partial charge is 0.242 e. The highest BCUT2D eigenvalue weighted by atomic mass is 32.2. The molecule has 0 saturated carbocycles. The lowest BCUT2D eigenvalue weighted by Gasteiger charge is -2.31. The molecule has 36 heavy (non-hydrogen) atoms. The Bertz CT molecular complexity index is 1160. The summed E-state index contributed by atoms with van der Waals surface area (Å²) in [6.45, 7) is 12.0. The number of anilines is 1. The van der Waals surface area contributed by atoms with Gasteiger partial charge in [0.05, 0.1) is 11.9 Å². The Balaban J connectivity index is 2.22. The minimum atomic E-state index is -3.53. The molecule has 2 aromatic carbocycles. The van der Waals surface area contributed by atoms with Gasteiger partial charge >= 0.3 is 0 Å². The SMILES string of the molecule is CCC(C)NC(=O)C(C)N(Cc1ccccc1C)C(=O)CCCN(c1cccc(C)c1C)S(C)(=O)=O. The van der Waals surface area contributed by atoms with Crippen LogP contribution in [0.15, 0.2) is 42.5 Å². The lowest BCUT2D eigenvalue weighted by Crippen LogP contribution is -2.49. The van der Waals surface area contributed by atoms with Crippen LogP contribution in [0.3, 0.4) is 0 Å². The maximum absolute atomic E-state index is 13.4. The summed E-state index contributed by atoms with van der Waals surface area (Å²) in [5, 5.41) is 2.97. The monoisotopic (exact) mass is 515 g/mol. The molecule has 2 aromatic rings. The van der Waals surface area contributed by atoms with Crippen molar-refractivity contribution < 1.29 is 18.0 Å². The van der Waals surface area contributed by atoms with Crippen molar-refractivity contribution in [2.24, 2.45) is 0 Å². The fraction of sp³-hybridized carbons (Fsp3) is 0.500. The van der Waals surface area contributed by atoms with Crippen LogP contribution < -0.4 is 9.62 Å². The van der Waals surface area contributed by atoms with Crippen LogP contribution in [0.2, 0.25) is 0 Å². The van der Waals surface area contributed by atoms with Gasteiger partial charge in [-0.15, -0.1) is 0 Å². The van der Waals surface area contributed by atoms with E-state index in [4.69, 9.17) is 0 Å². The number of carbonyl (C=O) groups excluding carboxylic acids is 2. The Hall–Kier alpha value is -2.87. The van der Waals surface area contributed by atoms with E-state index in [1.165, 1.54) is 10.6 Å². The van der Waals surface area contributed by atoms with E-state index in [0.29, 0.717) is 18.7 Å². The minimum absolute atomic E-state index is 0.0104. The van der Waals surface area contributed by atoms with Gasteiger partial charge in [-0.05, 0) is 75.8 Å². The van der Waals surface area contributed by atoms with Gasteiger partial charge in [-0.25, -0.2) is 8.42 Å². The zero-order valence-electron chi connectivity index (χ0n) is 22.7. The van der Waals surface area contributed by atoms with Crippen molar-refractivity contribution in [3.63, 3.8) is 0 Å². The highest BCUT2D eigenvalue weighted by Gasteiger charge is 2.27. The molecule has 0 aliphatic heterocycles. The topological polar surface area (TPSA) is 86.8 Å². The average Bonchev–Trinajstić information content (AvgIpc) is 2.82. The molecule has 0 fully saturated rings. The van der Waals surface area contributed by atoms with Crippen LogP contribution in [0.5, 0.6) is 0 Å². The zero-order valence-corrected chi connectivity index (χ0v) is 23.5. The lowest BCUT2D eigenvalue weighted by atomic mass is 10.1. The summed E-state index contributed by atoms with van der Waals surface area (Å²) in [5.74, 6) is -0.376. The van der Waals surface area contributed by atoms with Gasteiger partial charge in [0.25, 0.3) is 0 Å². The van der Waals surface area contributed by atoms with Crippen molar-refractivity contribution in [3.8, 4) is 0 Å². The molecule has 0 bridgehead atoms. The number of hydrogen-bond acceptors (Lipinski definition) is 4. The number of benzene rings is 2. The van der Waals surface area contributed by atoms with Crippen molar-refractivity contribution >= 4 is 27.5 Å². The molecule has 0 aromatic heterocycles. The Kier molecular flexibility index (Phi) is 10.5. The summed E-state index contributed by atoms with van der Waals surface area (Å²) in [7, 11) is -3.53. The Morgan fingerprint density at radius 1 is 0.972 bits per heavy atom. The average molecular weight is 516 g/mol. The minimum Gasteiger partial charge on any atom is -0.352 e. The van der Waals surface area contributed by atoms with Crippen LogP contribution in [-0.2, 0) is 26.2 Å². The van der Waals surface area contributed by atoms with Crippen molar-refractivity contribution in [2.45, 2.75) is 79.4 Å². The molecule has 0 radical (unpaired) electrons. The Morgan fingerprint density at radius 3 is 2.22 bits per heavy atom. The predicted octanol–water partition coefficient (Wildman–Crippen LogP) is 4.49. The molecule has 1 N–H and O–H groups in total. The third kappa shape index (κ3) is 7.82. The highest BCUT2D eigenvalue weighted by Crippen LogP contribution is 2.25. The quantitative estimate of drug-likeness (QED) is 0.451. The van der Waals surface area contributed by atoms with E-state index in [9.17, 15) is 18.0 Å². The second kappa shape index (κ2) is 12.9. The van der Waals surface area contributed by atoms with E-state index in [0.717, 1.165) is 28.7 Å². The molecule has 0 aliphatic carbocycles. The number of carbonyl (C=O) groups is 2. The van der Waals surface area contributed by atoms with Crippen molar-refractivity contribution in [1.82, 2.24) is 10.2 Å². The number of rotatable bonds is 12. The fourth-order valence-corrected chi connectivity index (χ4v) is 5.02. The second-order valence-corrected chi connectivity index (χ2v) is 11.5. The molecule has 8 heteroatoms. The van der Waals surface area contributed by atoms with E-state index in [1.807, 2.05) is 71.0 Å². The summed E-state index contributed by atoms with van der Waals surface area (Å²) in [6, 6.07) is 12.7. The van der Waals surface area contributed by atoms with Crippen LogP contribution >= 0.6 is 0 Å². The summed E-state index contributed by atoms with van der Waals surface area (Å²) < 4.78 is 26.5. The summed E-state index contributed by atoms with van der Waals surface area (Å²) in [5.41, 5.74) is 4.54. The van der Waals surface area contributed by atoms with Crippen LogP contribution in [0.1, 0.15) is 62.3 Å². The molecular formula is C28H41N3O4S. The third-order valence-corrected chi connectivity index (χ3v) is 7.95. The normalized spacial score (nSPS) is 13.1. The van der Waals surface area contributed by atoms with E-state index >= 15 is 0 Å². The molecule has 7 nitrogen and oxygen atoms in total. The number of aryl methyl sites for hydroxylation is 2. The molecule has 0 spiro atoms. The van der Waals surface area contributed by atoms with Crippen LogP contribution in [0, 0.1) is 20.8 Å². The van der Waals surface area contributed by atoms with Crippen LogP contribution in [-0.4, -0.2) is 50.0 Å². The molecule has 2 unspecified atom stereocenters. The number of sulfonamides is 1. The molecule has 2 atom stereocenters. The molecule has 198 valence electrons. The van der Waals surface area contributed by atoms with Gasteiger partial charge in [-0.1, -0.05) is 43.3 Å². The molecule has 2 rings (SSSR count). The first-order valence-corrected chi connectivity index (χ1v) is 14.4. The van der Waals surface area contributed by atoms with Crippen LogP contribution in [0.25, 0.3) is 0 Å². The van der Waals surface area contributed by atoms with Crippen molar-refractivity contribution in [2.75, 3.05) is 17.1 Å². The Morgan fingerprint density at radius 2 is 1.61 bits per heavy atom. The first kappa shape index (κ1) is 29.4. The molecule has 2 amide bonds. The summed E-state index contributed by atoms with van der Waals surface area (Å²) in [6.07, 6.45) is 2.44. The van der Waals surface area contributed by atoms with Gasteiger partial charge in [-0.2, -0.15) is 0 Å². The zero-order chi connectivity index (χ0) is 27.0. The summed E-state index contributed by atoms with van der Waals surface area (Å²) >= 11 is 0. The van der Waals surface area contributed by atoms with Crippen molar-refractivity contribution in [1.29, 1.82) is 0 Å². The number of nitrogens with zero attached hydrogens (tertiary/aromatic N) is 2. The van der Waals surface area contributed by atoms with Gasteiger partial charge in [0.1, 0.15) is 6.04 Å². The molecule has 0 aliphatic rings. The molecule has 0 saturated heterocycles. The number of hydrogen-bond donors (Lipinski definition) is 1. The van der Waals surface area contributed by atoms with E-state index < -0.39 is 16.1 Å². The maximum atomic E-state index is 13.4. The second-order valence-electron chi connectivity index (χ2n) is 9.60. The standard InChI is InChI=1S/C28H41N3O4S/c1-8-22(4)29-28(33)24(6)30(19-25-15-10-9-13-21(25)3)27(32)17-12-18-31(36(7,34)35)26-16-11-14-20(2)23(26)5/h9-11,13-16,22,24H,8,12,17-19H2,1-7H3,(H,29,33). The highest BCUT2D eigenvalue weighted by molar-refractivity contribution is 7.92. The van der Waals surface area contributed by atoms with E-state index in [2.05, 4.69) is 5.32 Å². The van der Waals surface area contributed by atoms with Gasteiger partial charge in [0.2, 0.25) is 21.8 Å². The van der Waals surface area contributed by atoms with Crippen molar-refractivity contribution in [3.05, 3.63) is 64.7 Å². The van der Waals surface area contributed by atoms with E-state index in [-0.39, 0.29) is 30.8 Å². The number of nitrogens with one attached hydrogen (secondary N) is 1. The van der Waals surface area contributed by atoms with Gasteiger partial charge < -0.3 is 10.2 Å². The Labute approximate surface area is 216 Å². The van der Waals surface area contributed by atoms with Gasteiger partial charge in [0, 0.05) is 25.6 Å². The van der Waals surface area contributed by atoms with Gasteiger partial charge in [0.15, 0.2) is 0 Å². The predicted molar refractivity (Wildman–Crippen MR) is 146 cm³/mol. The first-order chi connectivity index (χ1) is 16.9. The molecular weight excluding hydrogens is 474 g/mol. The third-order valence-electron chi connectivity index (χ3n) is 6.77. The largest absolute Gasteiger partial charge is 0.352 e. The number of amides is 2. The fourth-order valence-electron chi connectivity index (χ4n) is 4.01. The van der Waals surface area contributed by atoms with Gasteiger partial charge in [-0.3, -0.25) is 13.9 Å². The van der Waals surface area contributed by atoms with E-state index in [1.54, 1.807) is 17.9 Å². The molecule has 0 heterocycles. The summed E-state index contributed by atoms with van der Waals surface area (Å²) in [4.78, 5) is 27.9. The lowest BCUT2D eigenvalue weighted by molar-refractivity contribution is -0.140. The first-order valence-electron chi connectivity index (χ1n) is 12.5. The van der Waals surface area contributed by atoms with Crippen LogP contribution in [0.4, 0.5) is 5.69 Å². The maximum Gasteiger partial charge on any atom is 0.242 e.